The molecule has 90 valence electrons. The molecule has 0 saturated heterocycles. The van der Waals surface area contributed by atoms with Gasteiger partial charge in [0.1, 0.15) is 11.9 Å². The monoisotopic (exact) mass is 244 g/mol. The van der Waals surface area contributed by atoms with Crippen LogP contribution in [0.15, 0.2) is 42.2 Å². The molecule has 0 N–H and O–H groups in total. The zero-order valence-electron chi connectivity index (χ0n) is 9.40. The van der Waals surface area contributed by atoms with Crippen LogP contribution < -0.4 is 0 Å². The van der Waals surface area contributed by atoms with E-state index in [0.717, 1.165) is 6.07 Å². The molecule has 3 rings (SSSR count). The second-order valence-electron chi connectivity index (χ2n) is 4.25. The van der Waals surface area contributed by atoms with Crippen molar-refractivity contribution in [3.05, 3.63) is 59.1 Å². The number of ether oxygens (including phenoxy) is 1. The predicted octanol–water partition coefficient (Wildman–Crippen LogP) is 2.43. The topological polar surface area (TPSA) is 43.4 Å². The van der Waals surface area contributed by atoms with Gasteiger partial charge in [0.15, 0.2) is 11.5 Å². The van der Waals surface area contributed by atoms with E-state index < -0.39 is 11.6 Å². The summed E-state index contributed by atoms with van der Waals surface area (Å²) in [7, 11) is 0. The maximum absolute atomic E-state index is 13.1. The van der Waals surface area contributed by atoms with Gasteiger partial charge in [0.2, 0.25) is 5.78 Å². The summed E-state index contributed by atoms with van der Waals surface area (Å²) in [4.78, 5) is 24.3. The van der Waals surface area contributed by atoms with E-state index >= 15 is 0 Å². The summed E-state index contributed by atoms with van der Waals surface area (Å²) in [5, 5.41) is 0. The van der Waals surface area contributed by atoms with Crippen molar-refractivity contribution in [3.63, 3.8) is 0 Å². The number of fused-ring (bicyclic) bond motifs is 1. The van der Waals surface area contributed by atoms with E-state index in [-0.39, 0.29) is 28.8 Å². The number of hydrogen-bond acceptors (Lipinski definition) is 3. The van der Waals surface area contributed by atoms with Crippen molar-refractivity contribution in [2.24, 2.45) is 0 Å². The van der Waals surface area contributed by atoms with Crippen molar-refractivity contribution >= 4 is 11.6 Å². The summed E-state index contributed by atoms with van der Waals surface area (Å²) >= 11 is 0. The number of benzene rings is 1. The highest BCUT2D eigenvalue weighted by atomic mass is 19.1. The molecule has 0 amide bonds. The average Bonchev–Trinajstić information content (AvgIpc) is 2.80. The molecule has 18 heavy (non-hydrogen) atoms. The minimum atomic E-state index is -0.544. The number of carbonyl (C=O) groups is 2. The second kappa shape index (κ2) is 3.63. The van der Waals surface area contributed by atoms with Crippen molar-refractivity contribution in [1.82, 2.24) is 0 Å². The van der Waals surface area contributed by atoms with Crippen LogP contribution in [-0.2, 0) is 4.74 Å². The van der Waals surface area contributed by atoms with Gasteiger partial charge < -0.3 is 4.74 Å². The number of hydrogen-bond donors (Lipinski definition) is 0. The van der Waals surface area contributed by atoms with Crippen LogP contribution in [0.1, 0.15) is 27.1 Å². The Bertz CT molecular complexity index is 628. The number of halogens is 1. The molecule has 1 unspecified atom stereocenters. The maximum atomic E-state index is 13.1. The van der Waals surface area contributed by atoms with Gasteiger partial charge in [-0.15, -0.1) is 0 Å². The third kappa shape index (κ3) is 1.35. The van der Waals surface area contributed by atoms with Crippen LogP contribution in [0.5, 0.6) is 0 Å². The molecule has 1 atom stereocenters. The fourth-order valence-electron chi connectivity index (χ4n) is 2.26. The average molecular weight is 244 g/mol. The number of ketones is 2. The van der Waals surface area contributed by atoms with Gasteiger partial charge in [-0.1, -0.05) is 12.7 Å². The van der Waals surface area contributed by atoms with Gasteiger partial charge in [-0.25, -0.2) is 4.39 Å². The highest BCUT2D eigenvalue weighted by Gasteiger charge is 2.39. The first-order valence-electron chi connectivity index (χ1n) is 5.53. The van der Waals surface area contributed by atoms with E-state index in [1.54, 1.807) is 6.08 Å². The first-order valence-corrected chi connectivity index (χ1v) is 5.53. The van der Waals surface area contributed by atoms with Gasteiger partial charge in [-0.3, -0.25) is 9.59 Å². The molecule has 0 radical (unpaired) electrons. The van der Waals surface area contributed by atoms with E-state index in [4.69, 9.17) is 4.74 Å². The molecule has 1 aromatic carbocycles. The highest BCUT2D eigenvalue weighted by molar-refractivity contribution is 6.26. The molecule has 0 saturated carbocycles. The molecule has 0 aromatic heterocycles. The molecule has 1 aliphatic carbocycles. The normalized spacial score (nSPS) is 21.5. The summed E-state index contributed by atoms with van der Waals surface area (Å²) in [6.07, 6.45) is 1.53. The largest absolute Gasteiger partial charge is 0.481 e. The molecule has 1 aliphatic heterocycles. The summed E-state index contributed by atoms with van der Waals surface area (Å²) in [6.45, 7) is 3.58. The van der Waals surface area contributed by atoms with Crippen LogP contribution in [0.4, 0.5) is 4.39 Å². The number of rotatable bonds is 1. The van der Waals surface area contributed by atoms with E-state index in [1.807, 2.05) is 0 Å². The van der Waals surface area contributed by atoms with E-state index in [2.05, 4.69) is 6.58 Å². The van der Waals surface area contributed by atoms with E-state index in [0.29, 0.717) is 12.0 Å². The first-order chi connectivity index (χ1) is 8.61. The lowest BCUT2D eigenvalue weighted by Gasteiger charge is -2.14. The lowest BCUT2D eigenvalue weighted by molar-refractivity contribution is 0.0883. The van der Waals surface area contributed by atoms with Gasteiger partial charge in [0.05, 0.1) is 5.57 Å². The van der Waals surface area contributed by atoms with Crippen LogP contribution in [0, 0.1) is 5.82 Å². The van der Waals surface area contributed by atoms with Gasteiger partial charge >= 0.3 is 0 Å². The van der Waals surface area contributed by atoms with Crippen molar-refractivity contribution in [2.75, 3.05) is 0 Å². The van der Waals surface area contributed by atoms with Crippen molar-refractivity contribution in [3.8, 4) is 0 Å². The fraction of sp³-hybridized carbons (Fsp3) is 0.143. The Morgan fingerprint density at radius 3 is 2.78 bits per heavy atom. The van der Waals surface area contributed by atoms with E-state index in [9.17, 15) is 14.0 Å². The molecule has 3 nitrogen and oxygen atoms in total. The molecule has 0 bridgehead atoms. The lowest BCUT2D eigenvalue weighted by Crippen LogP contribution is -2.20. The Labute approximate surface area is 103 Å². The smallest absolute Gasteiger partial charge is 0.228 e. The third-order valence-corrected chi connectivity index (χ3v) is 3.16. The van der Waals surface area contributed by atoms with Crippen LogP contribution >= 0.6 is 0 Å². The summed E-state index contributed by atoms with van der Waals surface area (Å²) < 4.78 is 18.5. The molecular formula is C14H9FO3. The first kappa shape index (κ1) is 10.9. The highest BCUT2D eigenvalue weighted by Crippen LogP contribution is 2.36. The third-order valence-electron chi connectivity index (χ3n) is 3.16. The molecule has 1 aromatic rings. The van der Waals surface area contributed by atoms with E-state index in [1.165, 1.54) is 12.1 Å². The van der Waals surface area contributed by atoms with Crippen LogP contribution in [0.3, 0.4) is 0 Å². The molecule has 4 heteroatoms. The van der Waals surface area contributed by atoms with Gasteiger partial charge in [-0.05, 0) is 18.2 Å². The zero-order chi connectivity index (χ0) is 12.9. The lowest BCUT2D eigenvalue weighted by atomic mass is 9.87. The Hall–Kier alpha value is -2.23. The summed E-state index contributed by atoms with van der Waals surface area (Å²) in [6, 6.07) is 3.59. The zero-order valence-corrected chi connectivity index (χ0v) is 9.40. The summed E-state index contributed by atoms with van der Waals surface area (Å²) in [5.41, 5.74) is 0.681. The predicted molar refractivity (Wildman–Crippen MR) is 61.8 cm³/mol. The van der Waals surface area contributed by atoms with Crippen LogP contribution in [0.2, 0.25) is 0 Å². The van der Waals surface area contributed by atoms with Crippen molar-refractivity contribution in [1.29, 1.82) is 0 Å². The van der Waals surface area contributed by atoms with Gasteiger partial charge in [-0.2, -0.15) is 0 Å². The summed E-state index contributed by atoms with van der Waals surface area (Å²) in [5.74, 6) is -1.19. The number of Topliss-reactive ketones (excluding diaryl/α,β-unsaturated/α-hetero) is 2. The van der Waals surface area contributed by atoms with Crippen molar-refractivity contribution < 1.29 is 18.7 Å². The second-order valence-corrected chi connectivity index (χ2v) is 4.25. The Balaban J connectivity index is 2.14. The van der Waals surface area contributed by atoms with Gasteiger partial charge in [0.25, 0.3) is 0 Å². The molecule has 0 fully saturated rings. The minimum absolute atomic E-state index is 0.0444. The number of carbonyl (C=O) groups excluding carboxylic acids is 2. The number of allylic oxidation sites excluding steroid dienone is 1. The van der Waals surface area contributed by atoms with Crippen LogP contribution in [0.25, 0.3) is 0 Å². The SMILES string of the molecule is C=CC1CC2=C(O1)C(=O)c1cc(F)ccc1C2=O. The molecule has 0 spiro atoms. The Morgan fingerprint density at radius 2 is 2.06 bits per heavy atom. The standard InChI is InChI=1S/C14H9FO3/c1-2-8-6-11-12(16)9-4-3-7(15)5-10(9)13(17)14(11)18-8/h2-5,8H,1,6H2. The Morgan fingerprint density at radius 1 is 1.28 bits per heavy atom. The quantitative estimate of drug-likeness (QED) is 0.712. The van der Waals surface area contributed by atoms with Crippen molar-refractivity contribution in [2.45, 2.75) is 12.5 Å². The minimum Gasteiger partial charge on any atom is -0.481 e. The molecular weight excluding hydrogens is 235 g/mol. The molecule has 1 heterocycles. The van der Waals surface area contributed by atoms with Gasteiger partial charge in [0, 0.05) is 17.5 Å². The van der Waals surface area contributed by atoms with Crippen LogP contribution in [-0.4, -0.2) is 17.7 Å². The fourth-order valence-corrected chi connectivity index (χ4v) is 2.26. The maximum Gasteiger partial charge on any atom is 0.228 e. The Kier molecular flexibility index (Phi) is 2.20. The molecule has 2 aliphatic rings.